The van der Waals surface area contributed by atoms with Gasteiger partial charge in [0.15, 0.2) is 0 Å². The molecule has 3 aliphatic heterocycles. The lowest BCUT2D eigenvalue weighted by Gasteiger charge is -2.27. The number of imide groups is 1. The van der Waals surface area contributed by atoms with Crippen LogP contribution in [-0.4, -0.2) is 36.2 Å². The van der Waals surface area contributed by atoms with Gasteiger partial charge in [0.2, 0.25) is 23.3 Å². The lowest BCUT2D eigenvalue weighted by Crippen LogP contribution is -2.98. The van der Waals surface area contributed by atoms with E-state index < -0.39 is 23.3 Å². The standard InChI is InChI=1S/C29H25BrN4O4/c1-16-7-11-19(12-8-16)31-23(35)15-33-22-6-4-3-5-21(22)29(28(33)38)25-24(17(2)32-29)26(36)34(27(25)37)20-13-9-18(30)10-14-20/h3-14,17,24-25,32H,15H2,1-2H3,(H,31,35)/p+1/t17-,24+,25-,29-/m0/s1. The van der Waals surface area contributed by atoms with Crippen LogP contribution in [0.1, 0.15) is 18.1 Å². The van der Waals surface area contributed by atoms with E-state index in [2.05, 4.69) is 21.2 Å². The highest BCUT2D eigenvalue weighted by atomic mass is 79.9. The molecular weight excluding hydrogens is 548 g/mol. The van der Waals surface area contributed by atoms with Gasteiger partial charge in [-0.1, -0.05) is 51.8 Å². The molecule has 6 rings (SSSR count). The first-order valence-electron chi connectivity index (χ1n) is 12.5. The van der Waals surface area contributed by atoms with Crippen LogP contribution < -0.4 is 20.4 Å². The summed E-state index contributed by atoms with van der Waals surface area (Å²) in [6, 6.07) is 21.3. The minimum Gasteiger partial charge on any atom is -0.326 e. The topological polar surface area (TPSA) is 103 Å². The molecular formula is C29H26BrN4O4+. The predicted octanol–water partition coefficient (Wildman–Crippen LogP) is 2.71. The van der Waals surface area contributed by atoms with Crippen LogP contribution in [0.25, 0.3) is 0 Å². The number of halogens is 1. The number of hydrogen-bond donors (Lipinski definition) is 2. The molecule has 8 nitrogen and oxygen atoms in total. The van der Waals surface area contributed by atoms with E-state index >= 15 is 0 Å². The molecule has 3 aliphatic rings. The van der Waals surface area contributed by atoms with Crippen molar-refractivity contribution in [2.45, 2.75) is 25.4 Å². The van der Waals surface area contributed by atoms with Crippen molar-refractivity contribution in [3.05, 3.63) is 88.4 Å². The number of anilines is 3. The molecule has 3 aromatic rings. The maximum Gasteiger partial charge on any atom is 0.294 e. The second kappa shape index (κ2) is 8.89. The largest absolute Gasteiger partial charge is 0.326 e. The molecule has 192 valence electrons. The summed E-state index contributed by atoms with van der Waals surface area (Å²) in [7, 11) is 0. The van der Waals surface area contributed by atoms with Gasteiger partial charge >= 0.3 is 0 Å². The normalized spacial score (nSPS) is 25.8. The van der Waals surface area contributed by atoms with Gasteiger partial charge in [0.25, 0.3) is 5.91 Å². The first-order valence-corrected chi connectivity index (χ1v) is 13.3. The zero-order valence-corrected chi connectivity index (χ0v) is 22.4. The van der Waals surface area contributed by atoms with Gasteiger partial charge in [0.05, 0.1) is 17.4 Å². The number of carbonyl (C=O) groups excluding carboxylic acids is 4. The fraction of sp³-hybridized carbons (Fsp3) is 0.241. The van der Waals surface area contributed by atoms with Crippen molar-refractivity contribution in [3.8, 4) is 0 Å². The minimum atomic E-state index is -1.32. The summed E-state index contributed by atoms with van der Waals surface area (Å²) in [5.74, 6) is -2.93. The summed E-state index contributed by atoms with van der Waals surface area (Å²) < 4.78 is 0.832. The molecule has 3 aromatic carbocycles. The Morgan fingerprint density at radius 2 is 1.66 bits per heavy atom. The van der Waals surface area contributed by atoms with Gasteiger partial charge in [-0.3, -0.25) is 24.1 Å². The first kappa shape index (κ1) is 24.5. The van der Waals surface area contributed by atoms with Gasteiger partial charge < -0.3 is 10.6 Å². The Morgan fingerprint density at radius 1 is 0.974 bits per heavy atom. The molecule has 2 saturated heterocycles. The van der Waals surface area contributed by atoms with Gasteiger partial charge in [-0.25, -0.2) is 4.90 Å². The van der Waals surface area contributed by atoms with Crippen molar-refractivity contribution in [3.63, 3.8) is 0 Å². The van der Waals surface area contributed by atoms with Crippen molar-refractivity contribution in [2.24, 2.45) is 11.8 Å². The Kier molecular flexibility index (Phi) is 5.73. The molecule has 4 amide bonds. The van der Waals surface area contributed by atoms with E-state index in [1.165, 1.54) is 9.80 Å². The summed E-state index contributed by atoms with van der Waals surface area (Å²) in [5.41, 5.74) is 2.11. The third-order valence-electron chi connectivity index (χ3n) is 7.90. The Bertz CT molecular complexity index is 1490. The van der Waals surface area contributed by atoms with E-state index in [4.69, 9.17) is 0 Å². The fourth-order valence-electron chi connectivity index (χ4n) is 6.27. The van der Waals surface area contributed by atoms with Crippen LogP contribution in [0.3, 0.4) is 0 Å². The number of para-hydroxylation sites is 1. The highest BCUT2D eigenvalue weighted by Crippen LogP contribution is 2.51. The Labute approximate surface area is 228 Å². The zero-order chi connectivity index (χ0) is 26.8. The molecule has 38 heavy (non-hydrogen) atoms. The lowest BCUT2D eigenvalue weighted by atomic mass is 9.76. The van der Waals surface area contributed by atoms with Crippen LogP contribution in [0.2, 0.25) is 0 Å². The Balaban J connectivity index is 1.36. The van der Waals surface area contributed by atoms with Crippen LogP contribution >= 0.6 is 15.9 Å². The Hall–Kier alpha value is -3.82. The van der Waals surface area contributed by atoms with Crippen molar-refractivity contribution in [1.29, 1.82) is 0 Å². The molecule has 0 saturated carbocycles. The molecule has 2 fully saturated rings. The molecule has 9 heteroatoms. The third kappa shape index (κ3) is 3.53. The quantitative estimate of drug-likeness (QED) is 0.468. The number of benzene rings is 3. The number of fused-ring (bicyclic) bond motifs is 4. The van der Waals surface area contributed by atoms with E-state index in [0.717, 1.165) is 10.0 Å². The average molecular weight is 574 g/mol. The van der Waals surface area contributed by atoms with Crippen LogP contribution in [0.5, 0.6) is 0 Å². The van der Waals surface area contributed by atoms with Gasteiger partial charge in [0, 0.05) is 15.7 Å². The summed E-state index contributed by atoms with van der Waals surface area (Å²) in [6.07, 6.45) is 0. The van der Waals surface area contributed by atoms with Crippen molar-refractivity contribution in [2.75, 3.05) is 21.7 Å². The van der Waals surface area contributed by atoms with Gasteiger partial charge in [-0.2, -0.15) is 0 Å². The van der Waals surface area contributed by atoms with Crippen LogP contribution in [0.4, 0.5) is 17.1 Å². The minimum absolute atomic E-state index is 0.205. The first-order chi connectivity index (χ1) is 18.2. The van der Waals surface area contributed by atoms with Crippen LogP contribution in [-0.2, 0) is 24.7 Å². The number of carbonyl (C=O) groups is 4. The predicted molar refractivity (Wildman–Crippen MR) is 145 cm³/mol. The molecule has 1 spiro atoms. The van der Waals surface area contributed by atoms with Crippen LogP contribution in [0.15, 0.2) is 77.3 Å². The summed E-state index contributed by atoms with van der Waals surface area (Å²) in [6.45, 7) is 3.64. The van der Waals surface area contributed by atoms with Gasteiger partial charge in [-0.05, 0) is 56.3 Å². The van der Waals surface area contributed by atoms with Crippen molar-refractivity contribution in [1.82, 2.24) is 0 Å². The van der Waals surface area contributed by atoms with Crippen LogP contribution in [0, 0.1) is 18.8 Å². The molecule has 3 heterocycles. The number of aryl methyl sites for hydroxylation is 1. The van der Waals surface area contributed by atoms with E-state index in [1.54, 1.807) is 30.3 Å². The van der Waals surface area contributed by atoms with Gasteiger partial charge in [0.1, 0.15) is 18.4 Å². The van der Waals surface area contributed by atoms with Crippen molar-refractivity contribution >= 4 is 56.6 Å². The van der Waals surface area contributed by atoms with E-state index in [9.17, 15) is 19.2 Å². The number of hydrogen-bond acceptors (Lipinski definition) is 4. The molecule has 0 bridgehead atoms. The molecule has 0 aliphatic carbocycles. The van der Waals surface area contributed by atoms with Crippen molar-refractivity contribution < 1.29 is 24.5 Å². The second-order valence-electron chi connectivity index (χ2n) is 10.2. The summed E-state index contributed by atoms with van der Waals surface area (Å²) in [5, 5.41) is 4.71. The summed E-state index contributed by atoms with van der Waals surface area (Å²) >= 11 is 3.39. The maximum absolute atomic E-state index is 14.3. The zero-order valence-electron chi connectivity index (χ0n) is 20.9. The SMILES string of the molecule is Cc1ccc(NC(=O)CN2C(=O)[C@]3([NH2+][C@@H](C)[C@H]4C(=O)N(c5ccc(Br)cc5)C(=O)[C@H]43)c3ccccc32)cc1. The highest BCUT2D eigenvalue weighted by Gasteiger charge is 2.74. The molecule has 0 aromatic heterocycles. The number of nitrogens with one attached hydrogen (secondary N) is 1. The highest BCUT2D eigenvalue weighted by molar-refractivity contribution is 9.10. The summed E-state index contributed by atoms with van der Waals surface area (Å²) in [4.78, 5) is 57.6. The molecule has 3 N–H and O–H groups in total. The van der Waals surface area contributed by atoms with Gasteiger partial charge in [-0.15, -0.1) is 0 Å². The van der Waals surface area contributed by atoms with E-state index in [1.807, 2.05) is 61.6 Å². The lowest BCUT2D eigenvalue weighted by molar-refractivity contribution is -0.730. The van der Waals surface area contributed by atoms with E-state index in [-0.39, 0.29) is 30.3 Å². The smallest absolute Gasteiger partial charge is 0.294 e. The number of quaternary nitrogens is 1. The molecule has 0 unspecified atom stereocenters. The average Bonchev–Trinajstić information content (AvgIpc) is 3.44. The second-order valence-corrected chi connectivity index (χ2v) is 11.1. The maximum atomic E-state index is 14.3. The number of rotatable bonds is 4. The monoisotopic (exact) mass is 573 g/mol. The fourth-order valence-corrected chi connectivity index (χ4v) is 6.54. The molecule has 4 atom stereocenters. The third-order valence-corrected chi connectivity index (χ3v) is 8.42. The number of nitrogens with zero attached hydrogens (tertiary/aromatic N) is 2. The number of amides is 4. The molecule has 0 radical (unpaired) electrons. The number of nitrogens with two attached hydrogens (primary N) is 1. The van der Waals surface area contributed by atoms with E-state index in [0.29, 0.717) is 22.6 Å². The Morgan fingerprint density at radius 3 is 2.37 bits per heavy atom.